The van der Waals surface area contributed by atoms with E-state index in [2.05, 4.69) is 0 Å². The standard InChI is InChI=1S/C8H10O2.C8H12O.C7H10O3S.C7H8O3.C7H10O2.C7H12O.C6H12O.C5H10O.C4H8O.9C2H6/c9-8-6-2-4-1-5(6)7(3-4)10-8;1-5-2-7-6(1)4-9-8(7)3-5;8-11(9)7-3-4-1-5(7)6(2-4)10-11;8-7-4-1-3-2-5(10-7)6(4)9-3;8-7-5-2-1-3-6(4-5)9-7;1-2-6-4-7(3-1)8-5-6;1-2-4-6-7-5-3-1;1-2-4-6-5-3-1;1-2-4-5-3-1;9*1-2/h4-7H,1-3H2;5-8H,1-4H2;4-7H,1-3H2;3-6H,1-2H2;5-6H,1-4H2;6-7H,1-5H2;1-6H2;1-5H2;1-4H2;9*1-2H3. The van der Waals surface area contributed by atoms with Crippen molar-refractivity contribution in [3.63, 3.8) is 0 Å². The number of esters is 3. The number of rotatable bonds is 0. The van der Waals surface area contributed by atoms with Gasteiger partial charge >= 0.3 is 17.9 Å². The highest BCUT2D eigenvalue weighted by molar-refractivity contribution is 7.87. The molecule has 20 unspecified atom stereocenters. The van der Waals surface area contributed by atoms with Gasteiger partial charge in [-0.1, -0.05) is 144 Å². The van der Waals surface area contributed by atoms with Gasteiger partial charge in [0.25, 0.3) is 10.1 Å². The molecule has 0 aromatic heterocycles. The van der Waals surface area contributed by atoms with Crippen LogP contribution >= 0.6 is 0 Å². The lowest BCUT2D eigenvalue weighted by atomic mass is 9.90. The fourth-order valence-electron chi connectivity index (χ4n) is 16.8. The van der Waals surface area contributed by atoms with Crippen molar-refractivity contribution in [1.29, 1.82) is 0 Å². The van der Waals surface area contributed by atoms with Crippen molar-refractivity contribution in [1.82, 2.24) is 0 Å². The molecule has 15 nitrogen and oxygen atoms in total. The summed E-state index contributed by atoms with van der Waals surface area (Å²) < 4.78 is 74.6. The van der Waals surface area contributed by atoms with E-state index in [0.717, 1.165) is 147 Å². The summed E-state index contributed by atoms with van der Waals surface area (Å²) in [5.41, 5.74) is 0. The normalized spacial score (nSPS) is 37.7. The monoisotopic (exact) mass is 1340 g/mol. The number of hydrogen-bond donors (Lipinski definition) is 0. The Labute approximate surface area is 571 Å². The van der Waals surface area contributed by atoms with Crippen molar-refractivity contribution in [3.05, 3.63) is 0 Å². The third-order valence-electron chi connectivity index (χ3n) is 20.5. The minimum atomic E-state index is -3.13. The minimum Gasteiger partial charge on any atom is -0.462 e. The molecular formula is C77H146O15S. The Morgan fingerprint density at radius 2 is 0.828 bits per heavy atom. The van der Waals surface area contributed by atoms with Crippen LogP contribution in [-0.2, 0) is 71.3 Å². The summed E-state index contributed by atoms with van der Waals surface area (Å²) >= 11 is 0. The third-order valence-corrected chi connectivity index (χ3v) is 22.3. The Hall–Kier alpha value is -1.92. The molecule has 11 heterocycles. The number of carbonyl (C=O) groups excluding carboxylic acids is 3. The van der Waals surface area contributed by atoms with Crippen molar-refractivity contribution in [3.8, 4) is 0 Å². The van der Waals surface area contributed by atoms with Crippen LogP contribution in [0.4, 0.5) is 0 Å². The largest absolute Gasteiger partial charge is 0.462 e. The summed E-state index contributed by atoms with van der Waals surface area (Å²) in [5.74, 6) is 7.20. The Kier molecular flexibility index (Phi) is 47.2. The Bertz CT molecular complexity index is 1880. The molecule has 8 aliphatic carbocycles. The summed E-state index contributed by atoms with van der Waals surface area (Å²) in [6, 6.07) is 0. The fraction of sp³-hybridized carbons (Fsp3) is 0.961. The van der Waals surface area contributed by atoms with Gasteiger partial charge in [-0.15, -0.1) is 0 Å². The van der Waals surface area contributed by atoms with Crippen LogP contribution in [-0.4, -0.2) is 133 Å². The molecule has 0 aromatic carbocycles. The Morgan fingerprint density at radius 3 is 1.26 bits per heavy atom. The number of fused-ring (bicyclic) bond motifs is 8. The van der Waals surface area contributed by atoms with E-state index in [-0.39, 0.29) is 59.4 Å². The molecular weight excluding hydrogens is 1200 g/mol. The number of hydrogen-bond acceptors (Lipinski definition) is 15. The zero-order valence-electron chi connectivity index (χ0n) is 63.0. The lowest BCUT2D eigenvalue weighted by molar-refractivity contribution is -0.144. The van der Waals surface area contributed by atoms with Crippen LogP contribution in [0, 0.1) is 65.1 Å². The van der Waals surface area contributed by atoms with E-state index in [4.69, 9.17) is 46.8 Å². The zero-order valence-corrected chi connectivity index (χ0v) is 63.9. The van der Waals surface area contributed by atoms with Crippen LogP contribution in [0.5, 0.6) is 0 Å². The smallest absolute Gasteiger partial charge is 0.312 e. The highest BCUT2D eigenvalue weighted by Gasteiger charge is 2.60. The first-order valence-electron chi connectivity index (χ1n) is 39.8. The van der Waals surface area contributed by atoms with Crippen molar-refractivity contribution < 1.29 is 69.6 Å². The number of ether oxygens (including phenoxy) is 9. The highest BCUT2D eigenvalue weighted by atomic mass is 32.2. The Morgan fingerprint density at radius 1 is 0.333 bits per heavy atom. The molecule has 0 N–H and O–H groups in total. The molecule has 16 heteroatoms. The molecule has 0 radical (unpaired) electrons. The quantitative estimate of drug-likeness (QED) is 0.127. The second-order valence-electron chi connectivity index (χ2n) is 25.8. The van der Waals surface area contributed by atoms with Gasteiger partial charge in [0.1, 0.15) is 24.4 Å². The van der Waals surface area contributed by atoms with Crippen molar-refractivity contribution in [2.45, 2.75) is 358 Å². The second kappa shape index (κ2) is 50.4. The van der Waals surface area contributed by atoms with Crippen LogP contribution in [0.15, 0.2) is 0 Å². The van der Waals surface area contributed by atoms with E-state index in [1.807, 2.05) is 125 Å². The first kappa shape index (κ1) is 87.2. The zero-order chi connectivity index (χ0) is 69.3. The summed E-state index contributed by atoms with van der Waals surface area (Å²) in [6.07, 6.45) is 37.0. The molecule has 8 saturated carbocycles. The maximum absolute atomic E-state index is 11.3. The van der Waals surface area contributed by atoms with Gasteiger partial charge in [0.05, 0.1) is 54.0 Å². The first-order valence-corrected chi connectivity index (χ1v) is 41.2. The molecule has 11 saturated heterocycles. The fourth-order valence-corrected chi connectivity index (χ4v) is 18.7. The molecule has 0 spiro atoms. The van der Waals surface area contributed by atoms with Gasteiger partial charge in [0.15, 0.2) is 0 Å². The Balaban J connectivity index is 0.000000348. The molecule has 12 bridgehead atoms. The first-order chi connectivity index (χ1) is 45.6. The average Bonchev–Trinajstić information content (AvgIpc) is 1.61. The van der Waals surface area contributed by atoms with Gasteiger partial charge in [-0.05, 0) is 190 Å². The van der Waals surface area contributed by atoms with Gasteiger partial charge < -0.3 is 42.6 Å². The maximum atomic E-state index is 11.3. The van der Waals surface area contributed by atoms with Crippen LogP contribution in [0.2, 0.25) is 0 Å². The molecule has 19 fully saturated rings. The van der Waals surface area contributed by atoms with Gasteiger partial charge in [0.2, 0.25) is 0 Å². The van der Waals surface area contributed by atoms with E-state index in [1.165, 1.54) is 116 Å². The van der Waals surface area contributed by atoms with Gasteiger partial charge in [-0.2, -0.15) is 8.42 Å². The molecule has 11 aliphatic heterocycles. The molecule has 0 aromatic rings. The second-order valence-corrected chi connectivity index (χ2v) is 27.6. The van der Waals surface area contributed by atoms with Crippen molar-refractivity contribution in [2.75, 3.05) is 52.9 Å². The van der Waals surface area contributed by atoms with Crippen LogP contribution in [0.1, 0.15) is 304 Å². The van der Waals surface area contributed by atoms with Crippen LogP contribution in [0.3, 0.4) is 0 Å². The number of carbonyl (C=O) groups is 3. The average molecular weight is 1340 g/mol. The predicted octanol–water partition coefficient (Wildman–Crippen LogP) is 18.5. The van der Waals surface area contributed by atoms with Crippen molar-refractivity contribution >= 4 is 28.0 Å². The topological polar surface area (TPSA) is 178 Å². The van der Waals surface area contributed by atoms with E-state index < -0.39 is 10.1 Å². The summed E-state index contributed by atoms with van der Waals surface area (Å²) in [6.45, 7) is 44.1. The summed E-state index contributed by atoms with van der Waals surface area (Å²) in [4.78, 5) is 32.9. The summed E-state index contributed by atoms with van der Waals surface area (Å²) in [5, 5.41) is -0.133. The third kappa shape index (κ3) is 26.9. The van der Waals surface area contributed by atoms with E-state index in [0.29, 0.717) is 48.1 Å². The van der Waals surface area contributed by atoms with E-state index >= 15 is 0 Å². The molecule has 93 heavy (non-hydrogen) atoms. The van der Waals surface area contributed by atoms with Crippen molar-refractivity contribution in [2.24, 2.45) is 65.1 Å². The van der Waals surface area contributed by atoms with Gasteiger partial charge in [-0.25, -0.2) is 0 Å². The summed E-state index contributed by atoms with van der Waals surface area (Å²) in [7, 11) is -3.13. The highest BCUT2D eigenvalue weighted by Crippen LogP contribution is 2.56. The maximum Gasteiger partial charge on any atom is 0.312 e. The van der Waals surface area contributed by atoms with Crippen LogP contribution < -0.4 is 0 Å². The SMILES string of the molecule is C1CC2COC(C1)C2.C1CCCOCC1.C1CCOC1.C1CCOCC1.C1OC2CC3CC1C2C3.CC.CC.CC.CC.CC.CC.CC.CC.CC.O=C1OC2CC3CC1C2C3.O=C1OC2CC3CC1C2O3.O=C1OC2CCCC1C2.O=S1(=O)OC2CC3CC2C1C3. The lowest BCUT2D eigenvalue weighted by Crippen LogP contribution is -2.22. The van der Waals surface area contributed by atoms with Gasteiger partial charge in [-0.3, -0.25) is 18.6 Å². The molecule has 550 valence electrons. The predicted molar refractivity (Wildman–Crippen MR) is 378 cm³/mol. The van der Waals surface area contributed by atoms with Gasteiger partial charge in [0, 0.05) is 64.5 Å². The van der Waals surface area contributed by atoms with Crippen LogP contribution in [0.25, 0.3) is 0 Å². The minimum absolute atomic E-state index is 0.0324. The van der Waals surface area contributed by atoms with E-state index in [1.54, 1.807) is 0 Å². The molecule has 20 atom stereocenters. The lowest BCUT2D eigenvalue weighted by Gasteiger charge is -2.14. The molecule has 19 rings (SSSR count). The molecule has 19 aliphatic rings. The molecule has 0 amide bonds. The van der Waals surface area contributed by atoms with E-state index in [9.17, 15) is 22.8 Å².